The van der Waals surface area contributed by atoms with Crippen LogP contribution in [0.3, 0.4) is 0 Å². The maximum Gasteiger partial charge on any atom is 0.203 e. The number of pyridine rings is 2. The number of ether oxygens (including phenoxy) is 4. The second-order valence-electron chi connectivity index (χ2n) is 12.3. The van der Waals surface area contributed by atoms with Crippen LogP contribution in [-0.2, 0) is 13.1 Å². The van der Waals surface area contributed by atoms with Crippen molar-refractivity contribution in [3.8, 4) is 45.5 Å². The van der Waals surface area contributed by atoms with Crippen molar-refractivity contribution in [1.29, 1.82) is 0 Å². The van der Waals surface area contributed by atoms with E-state index in [1.807, 2.05) is 42.7 Å². The first-order chi connectivity index (χ1) is 23.9. The fourth-order valence-electron chi connectivity index (χ4n) is 6.49. The van der Waals surface area contributed by atoms with Crippen LogP contribution in [0.5, 0.6) is 23.0 Å². The maximum absolute atomic E-state index is 14.3. The molecule has 0 saturated carbocycles. The van der Waals surface area contributed by atoms with Gasteiger partial charge in [-0.2, -0.15) is 0 Å². The molecule has 0 N–H and O–H groups in total. The molecule has 254 valence electrons. The third-order valence-corrected chi connectivity index (χ3v) is 9.24. The molecular formula is C40H43FN4O4. The smallest absolute Gasteiger partial charge is 0.203 e. The molecule has 0 aliphatic carbocycles. The lowest BCUT2D eigenvalue weighted by Gasteiger charge is -2.40. The van der Waals surface area contributed by atoms with Gasteiger partial charge < -0.3 is 23.8 Å². The molecule has 0 atom stereocenters. The van der Waals surface area contributed by atoms with E-state index in [2.05, 4.69) is 51.2 Å². The summed E-state index contributed by atoms with van der Waals surface area (Å²) in [6.45, 7) is 5.23. The molecule has 49 heavy (non-hydrogen) atoms. The Balaban J connectivity index is 1.20. The highest BCUT2D eigenvalue weighted by Crippen LogP contribution is 2.41. The van der Waals surface area contributed by atoms with Crippen molar-refractivity contribution < 1.29 is 23.3 Å². The van der Waals surface area contributed by atoms with Crippen LogP contribution in [0.4, 0.5) is 10.1 Å². The molecule has 0 bridgehead atoms. The van der Waals surface area contributed by atoms with Gasteiger partial charge in [0.1, 0.15) is 11.6 Å². The summed E-state index contributed by atoms with van der Waals surface area (Å²) in [6, 6.07) is 26.2. The second kappa shape index (κ2) is 15.4. The number of anilines is 1. The second-order valence-corrected chi connectivity index (χ2v) is 12.3. The van der Waals surface area contributed by atoms with Gasteiger partial charge in [0, 0.05) is 61.4 Å². The van der Waals surface area contributed by atoms with Crippen molar-refractivity contribution in [2.24, 2.45) is 0 Å². The average molecular weight is 663 g/mol. The summed E-state index contributed by atoms with van der Waals surface area (Å²) in [4.78, 5) is 14.2. The molecule has 0 spiro atoms. The Bertz CT molecular complexity index is 1850. The van der Waals surface area contributed by atoms with E-state index in [9.17, 15) is 4.39 Å². The van der Waals surface area contributed by atoms with E-state index in [0.717, 1.165) is 78.5 Å². The van der Waals surface area contributed by atoms with E-state index in [-0.39, 0.29) is 5.82 Å². The van der Waals surface area contributed by atoms with Crippen LogP contribution in [0.1, 0.15) is 29.5 Å². The van der Waals surface area contributed by atoms with E-state index in [1.165, 1.54) is 5.56 Å². The summed E-state index contributed by atoms with van der Waals surface area (Å²) < 4.78 is 36.4. The molecule has 1 saturated heterocycles. The molecule has 8 nitrogen and oxygen atoms in total. The summed E-state index contributed by atoms with van der Waals surface area (Å²) in [5, 5.41) is 0. The van der Waals surface area contributed by atoms with Gasteiger partial charge in [0.2, 0.25) is 5.75 Å². The number of aryl methyl sites for hydroxylation is 1. The van der Waals surface area contributed by atoms with Crippen molar-refractivity contribution in [3.05, 3.63) is 114 Å². The summed E-state index contributed by atoms with van der Waals surface area (Å²) in [5.41, 5.74) is 7.40. The fourth-order valence-corrected chi connectivity index (χ4v) is 6.49. The molecule has 1 fully saturated rings. The van der Waals surface area contributed by atoms with E-state index < -0.39 is 0 Å². The monoisotopic (exact) mass is 662 g/mol. The first kappa shape index (κ1) is 33.7. The van der Waals surface area contributed by atoms with Gasteiger partial charge in [0.05, 0.1) is 39.8 Å². The van der Waals surface area contributed by atoms with Crippen molar-refractivity contribution in [2.45, 2.75) is 38.9 Å². The standard InChI is InChI=1S/C40H43FN4O4/c1-27-6-7-30(22-35(27)41)36-20-28(12-16-42-36)25-44-18-14-33(15-19-44)45(32-8-10-34(46-2)11-9-32)26-29-13-17-43-37(21-29)31-23-38(47-3)40(49-5)39(24-31)48-4/h6-13,16-17,20-24,33H,14-15,18-19,25-26H2,1-5H3. The number of aromatic nitrogens is 2. The number of likely N-dealkylation sites (tertiary alicyclic amines) is 1. The quantitative estimate of drug-likeness (QED) is 0.133. The molecule has 3 aromatic carbocycles. The lowest BCUT2D eigenvalue weighted by Crippen LogP contribution is -2.44. The van der Waals surface area contributed by atoms with Crippen LogP contribution in [0.15, 0.2) is 91.3 Å². The largest absolute Gasteiger partial charge is 0.497 e. The van der Waals surface area contributed by atoms with Crippen LogP contribution < -0.4 is 23.8 Å². The number of hydrogen-bond acceptors (Lipinski definition) is 8. The molecule has 3 heterocycles. The Morgan fingerprint density at radius 3 is 1.96 bits per heavy atom. The lowest BCUT2D eigenvalue weighted by atomic mass is 10.00. The van der Waals surface area contributed by atoms with Crippen LogP contribution in [-0.4, -0.2) is 62.4 Å². The molecule has 0 radical (unpaired) electrons. The zero-order valence-corrected chi connectivity index (χ0v) is 28.8. The van der Waals surface area contributed by atoms with Crippen molar-refractivity contribution in [2.75, 3.05) is 46.4 Å². The summed E-state index contributed by atoms with van der Waals surface area (Å²) in [6.07, 6.45) is 5.70. The highest BCUT2D eigenvalue weighted by molar-refractivity contribution is 5.69. The van der Waals surface area contributed by atoms with Crippen LogP contribution in [0.2, 0.25) is 0 Å². The zero-order chi connectivity index (χ0) is 34.3. The minimum absolute atomic E-state index is 0.211. The minimum Gasteiger partial charge on any atom is -0.497 e. The average Bonchev–Trinajstić information content (AvgIpc) is 3.15. The third kappa shape index (κ3) is 7.78. The number of hydrogen-bond donors (Lipinski definition) is 0. The molecule has 1 aliphatic heterocycles. The van der Waals surface area contributed by atoms with Gasteiger partial charge in [-0.3, -0.25) is 14.9 Å². The Morgan fingerprint density at radius 2 is 1.35 bits per heavy atom. The summed E-state index contributed by atoms with van der Waals surface area (Å²) >= 11 is 0. The van der Waals surface area contributed by atoms with Gasteiger partial charge in [-0.15, -0.1) is 0 Å². The van der Waals surface area contributed by atoms with Gasteiger partial charge in [0.25, 0.3) is 0 Å². The fraction of sp³-hybridized carbons (Fsp3) is 0.300. The van der Waals surface area contributed by atoms with Gasteiger partial charge in [-0.25, -0.2) is 4.39 Å². The normalized spacial score (nSPS) is 13.6. The molecular weight excluding hydrogens is 619 g/mol. The van der Waals surface area contributed by atoms with E-state index >= 15 is 0 Å². The SMILES string of the molecule is COc1ccc(N(Cc2ccnc(-c3cc(OC)c(OC)c(OC)c3)c2)C2CCN(Cc3ccnc(-c4ccc(C)c(F)c4)c3)CC2)cc1. The third-order valence-electron chi connectivity index (χ3n) is 9.24. The first-order valence-electron chi connectivity index (χ1n) is 16.5. The molecule has 9 heteroatoms. The van der Waals surface area contributed by atoms with Gasteiger partial charge in [-0.1, -0.05) is 12.1 Å². The summed E-state index contributed by atoms with van der Waals surface area (Å²) in [7, 11) is 6.52. The number of nitrogens with zero attached hydrogens (tertiary/aromatic N) is 4. The molecule has 5 aromatic rings. The predicted molar refractivity (Wildman–Crippen MR) is 191 cm³/mol. The molecule has 0 unspecified atom stereocenters. The number of piperidine rings is 1. The molecule has 2 aromatic heterocycles. The van der Waals surface area contributed by atoms with Gasteiger partial charge >= 0.3 is 0 Å². The highest BCUT2D eigenvalue weighted by atomic mass is 19.1. The van der Waals surface area contributed by atoms with Gasteiger partial charge in [0.15, 0.2) is 11.5 Å². The number of halogens is 1. The topological polar surface area (TPSA) is 69.2 Å². The lowest BCUT2D eigenvalue weighted by molar-refractivity contribution is 0.201. The summed E-state index contributed by atoms with van der Waals surface area (Å²) in [5.74, 6) is 2.34. The van der Waals surface area contributed by atoms with E-state index in [1.54, 1.807) is 47.5 Å². The van der Waals surface area contributed by atoms with Gasteiger partial charge in [-0.05, 0) is 103 Å². The first-order valence-corrected chi connectivity index (χ1v) is 16.5. The number of benzene rings is 3. The molecule has 1 aliphatic rings. The maximum atomic E-state index is 14.3. The van der Waals surface area contributed by atoms with Crippen LogP contribution >= 0.6 is 0 Å². The zero-order valence-electron chi connectivity index (χ0n) is 28.8. The Morgan fingerprint density at radius 1 is 0.714 bits per heavy atom. The Labute approximate surface area is 288 Å². The van der Waals surface area contributed by atoms with Crippen molar-refractivity contribution in [1.82, 2.24) is 14.9 Å². The molecule has 6 rings (SSSR count). The van der Waals surface area contributed by atoms with E-state index in [4.69, 9.17) is 23.9 Å². The van der Waals surface area contributed by atoms with Crippen molar-refractivity contribution >= 4 is 5.69 Å². The Hall–Kier alpha value is -5.15. The van der Waals surface area contributed by atoms with Crippen LogP contribution in [0.25, 0.3) is 22.5 Å². The minimum atomic E-state index is -0.211. The molecule has 0 amide bonds. The van der Waals surface area contributed by atoms with Crippen molar-refractivity contribution in [3.63, 3.8) is 0 Å². The van der Waals surface area contributed by atoms with E-state index in [0.29, 0.717) is 28.9 Å². The predicted octanol–water partition coefficient (Wildman–Crippen LogP) is 7.96. The number of methoxy groups -OCH3 is 4. The highest BCUT2D eigenvalue weighted by Gasteiger charge is 2.26. The Kier molecular flexibility index (Phi) is 10.6. The van der Waals surface area contributed by atoms with Crippen LogP contribution in [0, 0.1) is 12.7 Å². The number of rotatable bonds is 12.